The van der Waals surface area contributed by atoms with Gasteiger partial charge >= 0.3 is 7.82 Å². The standard InChI is InChI=1S/C42H80NO12P/c1-3-5-7-9-11-13-15-16-17-18-20-21-23-25-27-29-33(44)31-36(46)43-34(35(45)30-28-26-24-22-19-14-12-10-8-6-4-2)32-54-56(52,53)55-42-40(50)38(48)37(47)39(49)41(42)51/h16-17,28,30,33-35,37-42,44-45,47-51H,3-15,18-27,29,31-32H2,1-2H3,(H,43,46)(H,52,53)/b17-16-,30-28+. The number of phosphoric acid groups is 1. The van der Waals surface area contributed by atoms with Crippen LogP contribution in [0.15, 0.2) is 24.3 Å². The van der Waals surface area contributed by atoms with Crippen molar-refractivity contribution in [2.24, 2.45) is 0 Å². The second-order valence-electron chi connectivity index (χ2n) is 15.7. The van der Waals surface area contributed by atoms with Crippen molar-refractivity contribution in [3.63, 3.8) is 0 Å². The maximum atomic E-state index is 12.9. The smallest absolute Gasteiger partial charge is 0.393 e. The molecule has 0 aromatic rings. The van der Waals surface area contributed by atoms with Gasteiger partial charge in [-0.3, -0.25) is 13.8 Å². The van der Waals surface area contributed by atoms with Crippen molar-refractivity contribution in [3.05, 3.63) is 24.3 Å². The number of amides is 1. The zero-order chi connectivity index (χ0) is 41.6. The lowest BCUT2D eigenvalue weighted by atomic mass is 9.85. The first-order chi connectivity index (χ1) is 26.8. The van der Waals surface area contributed by atoms with Crippen LogP contribution in [0, 0.1) is 0 Å². The first-order valence-corrected chi connectivity index (χ1v) is 23.4. The average molecular weight is 822 g/mol. The number of aliphatic hydroxyl groups excluding tert-OH is 7. The van der Waals surface area contributed by atoms with Gasteiger partial charge in [-0.2, -0.15) is 0 Å². The van der Waals surface area contributed by atoms with Gasteiger partial charge < -0.3 is 46.0 Å². The summed E-state index contributed by atoms with van der Waals surface area (Å²) in [7, 11) is -5.13. The highest BCUT2D eigenvalue weighted by Gasteiger charge is 2.51. The summed E-state index contributed by atoms with van der Waals surface area (Å²) in [5.41, 5.74) is 0. The van der Waals surface area contributed by atoms with Gasteiger partial charge in [0.25, 0.3) is 0 Å². The van der Waals surface area contributed by atoms with Gasteiger partial charge in [-0.25, -0.2) is 4.57 Å². The van der Waals surface area contributed by atoms with Gasteiger partial charge in [0, 0.05) is 0 Å². The molecule has 0 radical (unpaired) electrons. The van der Waals surface area contributed by atoms with Crippen LogP contribution in [0.3, 0.4) is 0 Å². The van der Waals surface area contributed by atoms with Crippen LogP contribution in [0.25, 0.3) is 0 Å². The molecule has 13 nitrogen and oxygen atoms in total. The molecule has 0 aromatic carbocycles. The molecule has 0 saturated heterocycles. The molecule has 1 aliphatic carbocycles. The third-order valence-electron chi connectivity index (χ3n) is 10.5. The Hall–Kier alpha value is -1.22. The minimum atomic E-state index is -5.13. The molecular formula is C42H80NO12P. The van der Waals surface area contributed by atoms with E-state index in [-0.39, 0.29) is 6.42 Å². The zero-order valence-electron chi connectivity index (χ0n) is 34.5. The summed E-state index contributed by atoms with van der Waals surface area (Å²) < 4.78 is 22.8. The number of unbranched alkanes of at least 4 members (excludes halogenated alkanes) is 20. The average Bonchev–Trinajstić information content (AvgIpc) is 3.17. The van der Waals surface area contributed by atoms with E-state index in [2.05, 4.69) is 31.3 Å². The summed E-state index contributed by atoms with van der Waals surface area (Å²) >= 11 is 0. The summed E-state index contributed by atoms with van der Waals surface area (Å²) in [5, 5.41) is 74.2. The number of carbonyl (C=O) groups excluding carboxylic acids is 1. The Kier molecular flexibility index (Phi) is 30.7. The monoisotopic (exact) mass is 822 g/mol. The Bertz CT molecular complexity index is 1060. The van der Waals surface area contributed by atoms with E-state index in [1.54, 1.807) is 6.08 Å². The van der Waals surface area contributed by atoms with Crippen LogP contribution in [0.1, 0.15) is 174 Å². The van der Waals surface area contributed by atoms with Crippen molar-refractivity contribution in [3.8, 4) is 0 Å². The molecule has 0 heterocycles. The highest BCUT2D eigenvalue weighted by Crippen LogP contribution is 2.47. The number of allylic oxidation sites excluding steroid dienone is 3. The summed E-state index contributed by atoms with van der Waals surface area (Å²) in [5.74, 6) is -0.600. The van der Waals surface area contributed by atoms with Crippen molar-refractivity contribution in [2.75, 3.05) is 6.61 Å². The normalized spacial score (nSPS) is 24.4. The lowest BCUT2D eigenvalue weighted by Gasteiger charge is -2.41. The third-order valence-corrected chi connectivity index (χ3v) is 11.5. The fraction of sp³-hybridized carbons (Fsp3) is 0.881. The van der Waals surface area contributed by atoms with Gasteiger partial charge in [0.05, 0.1) is 31.3 Å². The van der Waals surface area contributed by atoms with Gasteiger partial charge in [-0.15, -0.1) is 0 Å². The second kappa shape index (κ2) is 32.6. The first kappa shape index (κ1) is 52.8. The lowest BCUT2D eigenvalue weighted by Crippen LogP contribution is -2.64. The van der Waals surface area contributed by atoms with E-state index < -0.39 is 75.2 Å². The molecule has 0 aliphatic heterocycles. The Morgan fingerprint density at radius 1 is 0.625 bits per heavy atom. The van der Waals surface area contributed by atoms with Crippen LogP contribution in [0.4, 0.5) is 0 Å². The van der Waals surface area contributed by atoms with Crippen molar-refractivity contribution < 1.29 is 59.0 Å². The van der Waals surface area contributed by atoms with E-state index in [4.69, 9.17) is 9.05 Å². The summed E-state index contributed by atoms with van der Waals surface area (Å²) in [4.78, 5) is 23.3. The topological polar surface area (TPSA) is 226 Å². The van der Waals surface area contributed by atoms with E-state index in [0.717, 1.165) is 64.2 Å². The van der Waals surface area contributed by atoms with E-state index >= 15 is 0 Å². The van der Waals surface area contributed by atoms with Crippen molar-refractivity contribution in [1.29, 1.82) is 0 Å². The fourth-order valence-corrected chi connectivity index (χ4v) is 7.85. The summed E-state index contributed by atoms with van der Waals surface area (Å²) in [6.07, 6.45) is 19.9. The molecule has 0 aromatic heterocycles. The molecule has 0 spiro atoms. The molecule has 8 atom stereocenters. The Balaban J connectivity index is 2.58. The molecule has 1 amide bonds. The zero-order valence-corrected chi connectivity index (χ0v) is 35.4. The van der Waals surface area contributed by atoms with Crippen molar-refractivity contribution >= 4 is 13.7 Å². The quantitative estimate of drug-likeness (QED) is 0.0192. The number of hydrogen-bond donors (Lipinski definition) is 9. The van der Waals surface area contributed by atoms with Crippen molar-refractivity contribution in [1.82, 2.24) is 5.32 Å². The molecule has 330 valence electrons. The number of hydrogen-bond acceptors (Lipinski definition) is 11. The lowest BCUT2D eigenvalue weighted by molar-refractivity contribution is -0.220. The highest BCUT2D eigenvalue weighted by molar-refractivity contribution is 7.47. The van der Waals surface area contributed by atoms with E-state index in [1.807, 2.05) is 0 Å². The Morgan fingerprint density at radius 3 is 1.52 bits per heavy atom. The van der Waals surface area contributed by atoms with Crippen LogP contribution in [-0.4, -0.2) is 108 Å². The van der Waals surface area contributed by atoms with E-state index in [9.17, 15) is 50.0 Å². The number of phosphoric ester groups is 1. The fourth-order valence-electron chi connectivity index (χ4n) is 6.88. The molecule has 1 aliphatic rings. The number of carbonyl (C=O) groups is 1. The molecule has 56 heavy (non-hydrogen) atoms. The molecule has 0 bridgehead atoms. The summed E-state index contributed by atoms with van der Waals surface area (Å²) in [6, 6.07) is -1.24. The molecule has 1 fully saturated rings. The number of aliphatic hydroxyl groups is 7. The Morgan fingerprint density at radius 2 is 1.04 bits per heavy atom. The number of rotatable bonds is 35. The van der Waals surface area contributed by atoms with Crippen LogP contribution in [0.2, 0.25) is 0 Å². The van der Waals surface area contributed by atoms with Crippen LogP contribution in [-0.2, 0) is 18.4 Å². The second-order valence-corrected chi connectivity index (χ2v) is 17.1. The minimum Gasteiger partial charge on any atom is -0.393 e. The minimum absolute atomic E-state index is 0.249. The molecule has 1 saturated carbocycles. The predicted octanol–water partition coefficient (Wildman–Crippen LogP) is 6.42. The SMILES string of the molecule is CCCCCCCC/C=C\CCCCCCCC(O)CC(=O)NC(COP(=O)(O)OC1C(O)C(O)C(O)C(O)C1O)C(O)/C=C/CCCCCCCCCCC. The summed E-state index contributed by atoms with van der Waals surface area (Å²) in [6.45, 7) is 3.69. The van der Waals surface area contributed by atoms with Crippen LogP contribution in [0.5, 0.6) is 0 Å². The van der Waals surface area contributed by atoms with E-state index in [0.29, 0.717) is 12.8 Å². The van der Waals surface area contributed by atoms with E-state index in [1.165, 1.54) is 83.1 Å². The first-order valence-electron chi connectivity index (χ1n) is 21.9. The third kappa shape index (κ3) is 24.6. The molecule has 1 rings (SSSR count). The Labute approximate surface area is 337 Å². The van der Waals surface area contributed by atoms with Crippen LogP contribution >= 0.6 is 7.82 Å². The number of nitrogens with one attached hydrogen (secondary N) is 1. The molecule has 14 heteroatoms. The highest BCUT2D eigenvalue weighted by atomic mass is 31.2. The van der Waals surface area contributed by atoms with Gasteiger partial charge in [0.1, 0.15) is 36.6 Å². The molecule has 9 N–H and O–H groups in total. The predicted molar refractivity (Wildman–Crippen MR) is 220 cm³/mol. The maximum Gasteiger partial charge on any atom is 0.472 e. The largest absolute Gasteiger partial charge is 0.472 e. The van der Waals surface area contributed by atoms with Crippen LogP contribution < -0.4 is 5.32 Å². The maximum absolute atomic E-state index is 12.9. The van der Waals surface area contributed by atoms with Gasteiger partial charge in [0.2, 0.25) is 5.91 Å². The van der Waals surface area contributed by atoms with Gasteiger partial charge in [-0.05, 0) is 44.9 Å². The van der Waals surface area contributed by atoms with Gasteiger partial charge in [-0.1, -0.05) is 147 Å². The molecule has 8 unspecified atom stereocenters. The molecular weight excluding hydrogens is 741 g/mol. The van der Waals surface area contributed by atoms with Crippen molar-refractivity contribution in [2.45, 2.75) is 229 Å². The van der Waals surface area contributed by atoms with Gasteiger partial charge in [0.15, 0.2) is 0 Å².